The topological polar surface area (TPSA) is 74.5 Å². The zero-order valence-corrected chi connectivity index (χ0v) is 14.2. The first kappa shape index (κ1) is 17.0. The molecule has 25 heavy (non-hydrogen) atoms. The molecule has 0 unspecified atom stereocenters. The van der Waals surface area contributed by atoms with Gasteiger partial charge in [0.05, 0.1) is 13.5 Å². The number of esters is 1. The molecule has 128 valence electrons. The summed E-state index contributed by atoms with van der Waals surface area (Å²) in [7, 11) is 1.57. The maximum absolute atomic E-state index is 11.9. The molecule has 6 nitrogen and oxygen atoms in total. The third-order valence-electron chi connectivity index (χ3n) is 3.39. The molecule has 7 heteroatoms. The Labute approximate surface area is 149 Å². The lowest BCUT2D eigenvalue weighted by molar-refractivity contribution is -0.144. The van der Waals surface area contributed by atoms with Crippen LogP contribution in [0.15, 0.2) is 53.1 Å². The minimum Gasteiger partial charge on any atom is -0.497 e. The van der Waals surface area contributed by atoms with Crippen molar-refractivity contribution in [2.75, 3.05) is 7.11 Å². The van der Waals surface area contributed by atoms with Gasteiger partial charge in [-0.25, -0.2) is 0 Å². The van der Waals surface area contributed by atoms with E-state index < -0.39 is 5.97 Å². The van der Waals surface area contributed by atoms with E-state index in [1.54, 1.807) is 31.4 Å². The average Bonchev–Trinajstić information content (AvgIpc) is 3.09. The third kappa shape index (κ3) is 4.58. The Kier molecular flexibility index (Phi) is 5.30. The van der Waals surface area contributed by atoms with Gasteiger partial charge in [-0.2, -0.15) is 4.98 Å². The third-order valence-corrected chi connectivity index (χ3v) is 3.63. The minimum absolute atomic E-state index is 0.0869. The molecule has 1 aromatic heterocycles. The number of rotatable bonds is 6. The van der Waals surface area contributed by atoms with E-state index in [2.05, 4.69) is 10.1 Å². The van der Waals surface area contributed by atoms with Gasteiger partial charge in [0.2, 0.25) is 5.82 Å². The number of carbonyl (C=O) groups is 1. The summed E-state index contributed by atoms with van der Waals surface area (Å²) in [4.78, 5) is 16.1. The van der Waals surface area contributed by atoms with Crippen molar-refractivity contribution in [1.82, 2.24) is 10.1 Å². The summed E-state index contributed by atoms with van der Waals surface area (Å²) in [6, 6.07) is 14.3. The number of carbonyl (C=O) groups excluding carboxylic acids is 1. The lowest BCUT2D eigenvalue weighted by Crippen LogP contribution is -2.08. The molecule has 0 fully saturated rings. The molecule has 2 aromatic carbocycles. The number of aromatic nitrogens is 2. The van der Waals surface area contributed by atoms with Crippen LogP contribution in [-0.4, -0.2) is 23.2 Å². The van der Waals surface area contributed by atoms with Gasteiger partial charge in [-0.1, -0.05) is 41.0 Å². The number of ether oxygens (including phenoxy) is 2. The first-order chi connectivity index (χ1) is 12.1. The van der Waals surface area contributed by atoms with E-state index in [0.29, 0.717) is 16.6 Å². The van der Waals surface area contributed by atoms with Gasteiger partial charge in [0, 0.05) is 10.6 Å². The fourth-order valence-electron chi connectivity index (χ4n) is 2.20. The Morgan fingerprint density at radius 2 is 2.04 bits per heavy atom. The Bertz CT molecular complexity index is 879. The molecule has 0 aliphatic carbocycles. The van der Waals surface area contributed by atoms with E-state index >= 15 is 0 Å². The molecule has 0 N–H and O–H groups in total. The maximum atomic E-state index is 11.9. The van der Waals surface area contributed by atoms with E-state index in [4.69, 9.17) is 25.6 Å². The van der Waals surface area contributed by atoms with Crippen molar-refractivity contribution in [2.45, 2.75) is 13.0 Å². The van der Waals surface area contributed by atoms with Gasteiger partial charge < -0.3 is 14.0 Å². The van der Waals surface area contributed by atoms with Gasteiger partial charge in [-0.3, -0.25) is 4.79 Å². The number of nitrogens with zero attached hydrogens (tertiary/aromatic N) is 2. The van der Waals surface area contributed by atoms with Crippen LogP contribution in [0.25, 0.3) is 11.4 Å². The zero-order chi connectivity index (χ0) is 17.6. The van der Waals surface area contributed by atoms with Crippen molar-refractivity contribution in [2.24, 2.45) is 0 Å². The van der Waals surface area contributed by atoms with Crippen LogP contribution in [0, 0.1) is 0 Å². The van der Waals surface area contributed by atoms with E-state index in [9.17, 15) is 4.79 Å². The highest BCUT2D eigenvalue weighted by atomic mass is 35.5. The zero-order valence-electron chi connectivity index (χ0n) is 13.4. The van der Waals surface area contributed by atoms with E-state index in [1.807, 2.05) is 24.3 Å². The van der Waals surface area contributed by atoms with Crippen LogP contribution >= 0.6 is 11.6 Å². The summed E-state index contributed by atoms with van der Waals surface area (Å²) in [5.41, 5.74) is 1.53. The largest absolute Gasteiger partial charge is 0.497 e. The Morgan fingerprint density at radius 1 is 1.20 bits per heavy atom. The van der Waals surface area contributed by atoms with Gasteiger partial charge in [0.25, 0.3) is 5.89 Å². The predicted molar refractivity (Wildman–Crippen MR) is 91.2 cm³/mol. The molecule has 0 bridgehead atoms. The summed E-state index contributed by atoms with van der Waals surface area (Å²) in [5, 5.41) is 4.44. The average molecular weight is 359 g/mol. The first-order valence-corrected chi connectivity index (χ1v) is 7.89. The quantitative estimate of drug-likeness (QED) is 0.626. The summed E-state index contributed by atoms with van der Waals surface area (Å²) in [6.45, 7) is -0.0869. The number of halogens is 1. The number of hydrogen-bond donors (Lipinski definition) is 0. The van der Waals surface area contributed by atoms with Crippen LogP contribution in [0.1, 0.15) is 11.5 Å². The minimum atomic E-state index is -0.393. The predicted octanol–water partition coefficient (Wildman–Crippen LogP) is 3.68. The van der Waals surface area contributed by atoms with Gasteiger partial charge in [-0.05, 0) is 29.8 Å². The fourth-order valence-corrected chi connectivity index (χ4v) is 2.39. The second-order valence-corrected chi connectivity index (χ2v) is 5.65. The van der Waals surface area contributed by atoms with Crippen molar-refractivity contribution in [3.63, 3.8) is 0 Å². The summed E-state index contributed by atoms with van der Waals surface area (Å²) in [5.74, 6) is 0.902. The Balaban J connectivity index is 1.57. The monoisotopic (exact) mass is 358 g/mol. The fraction of sp³-hybridized carbons (Fsp3) is 0.167. The van der Waals surface area contributed by atoms with E-state index in [0.717, 1.165) is 11.1 Å². The van der Waals surface area contributed by atoms with Crippen molar-refractivity contribution >= 4 is 17.6 Å². The van der Waals surface area contributed by atoms with Gasteiger partial charge >= 0.3 is 5.97 Å². The molecule has 0 atom stereocenters. The standard InChI is InChI=1S/C18H15ClN2O4/c1-23-15-7-2-4-12(8-15)9-17(22)24-11-16-20-18(21-25-16)13-5-3-6-14(19)10-13/h2-8,10H,9,11H2,1H3. The Morgan fingerprint density at radius 3 is 2.84 bits per heavy atom. The number of hydrogen-bond acceptors (Lipinski definition) is 6. The maximum Gasteiger partial charge on any atom is 0.310 e. The van der Waals surface area contributed by atoms with Crippen molar-refractivity contribution in [3.05, 3.63) is 65.0 Å². The highest BCUT2D eigenvalue weighted by molar-refractivity contribution is 6.30. The van der Waals surface area contributed by atoms with Gasteiger partial charge in [0.15, 0.2) is 6.61 Å². The normalized spacial score (nSPS) is 10.5. The smallest absolute Gasteiger partial charge is 0.310 e. The summed E-state index contributed by atoms with van der Waals surface area (Å²) in [6.07, 6.45) is 0.131. The van der Waals surface area contributed by atoms with Gasteiger partial charge in [-0.15, -0.1) is 0 Å². The van der Waals surface area contributed by atoms with E-state index in [-0.39, 0.29) is 18.9 Å². The molecule has 0 aliphatic heterocycles. The number of methoxy groups -OCH3 is 1. The Hall–Kier alpha value is -2.86. The first-order valence-electron chi connectivity index (χ1n) is 7.51. The van der Waals surface area contributed by atoms with Crippen LogP contribution in [0.5, 0.6) is 5.75 Å². The van der Waals surface area contributed by atoms with Crippen LogP contribution in [0.3, 0.4) is 0 Å². The summed E-state index contributed by atoms with van der Waals surface area (Å²) >= 11 is 5.94. The van der Waals surface area contributed by atoms with Crippen LogP contribution in [0.2, 0.25) is 5.02 Å². The number of benzene rings is 2. The van der Waals surface area contributed by atoms with Gasteiger partial charge in [0.1, 0.15) is 5.75 Å². The second kappa shape index (κ2) is 7.81. The molecule has 0 radical (unpaired) electrons. The highest BCUT2D eigenvalue weighted by Crippen LogP contribution is 2.20. The molecule has 3 rings (SSSR count). The lowest BCUT2D eigenvalue weighted by Gasteiger charge is -2.04. The molecule has 0 amide bonds. The molecular weight excluding hydrogens is 344 g/mol. The molecule has 3 aromatic rings. The molecule has 1 heterocycles. The highest BCUT2D eigenvalue weighted by Gasteiger charge is 2.12. The molecule has 0 saturated carbocycles. The van der Waals surface area contributed by atoms with E-state index in [1.165, 1.54) is 0 Å². The lowest BCUT2D eigenvalue weighted by atomic mass is 10.1. The van der Waals surface area contributed by atoms with Crippen LogP contribution < -0.4 is 4.74 Å². The van der Waals surface area contributed by atoms with Crippen molar-refractivity contribution in [1.29, 1.82) is 0 Å². The molecule has 0 spiro atoms. The molecular formula is C18H15ClN2O4. The van der Waals surface area contributed by atoms with Crippen molar-refractivity contribution < 1.29 is 18.8 Å². The second-order valence-electron chi connectivity index (χ2n) is 5.21. The SMILES string of the molecule is COc1cccc(CC(=O)OCc2nc(-c3cccc(Cl)c3)no2)c1. The van der Waals surface area contributed by atoms with Crippen LogP contribution in [0.4, 0.5) is 0 Å². The molecule has 0 saturated heterocycles. The summed E-state index contributed by atoms with van der Waals surface area (Å²) < 4.78 is 15.4. The molecule has 0 aliphatic rings. The van der Waals surface area contributed by atoms with Crippen LogP contribution in [-0.2, 0) is 22.6 Å². The van der Waals surface area contributed by atoms with Crippen molar-refractivity contribution in [3.8, 4) is 17.1 Å².